The average molecular weight is 324 g/mol. The Bertz CT molecular complexity index is 619. The molecule has 6 nitrogen and oxygen atoms in total. The van der Waals surface area contributed by atoms with Crippen molar-refractivity contribution in [2.24, 2.45) is 0 Å². The standard InChI is InChI=1S/C12H10BrN3O3/c13-9-1-2-11(10(6-9)16(17)18)19-7-8-3-4-15-12(14)5-8/h1-6H,7H2,(H2,14,15). The number of hydrogen-bond acceptors (Lipinski definition) is 5. The first-order chi connectivity index (χ1) is 9.06. The molecule has 2 N–H and O–H groups in total. The monoisotopic (exact) mass is 323 g/mol. The van der Waals surface area contributed by atoms with Crippen molar-refractivity contribution in [3.05, 3.63) is 56.7 Å². The van der Waals surface area contributed by atoms with Gasteiger partial charge in [0.05, 0.1) is 4.92 Å². The molecule has 1 heterocycles. The van der Waals surface area contributed by atoms with Gasteiger partial charge in [-0.2, -0.15) is 0 Å². The fraction of sp³-hybridized carbons (Fsp3) is 0.0833. The summed E-state index contributed by atoms with van der Waals surface area (Å²) in [6.45, 7) is 0.190. The third kappa shape index (κ3) is 3.41. The lowest BCUT2D eigenvalue weighted by molar-refractivity contribution is -0.386. The van der Waals surface area contributed by atoms with Crippen LogP contribution in [0.3, 0.4) is 0 Å². The molecule has 0 aliphatic heterocycles. The Morgan fingerprint density at radius 2 is 2.16 bits per heavy atom. The number of ether oxygens (including phenoxy) is 1. The molecule has 0 fully saturated rings. The second-order valence-corrected chi connectivity index (χ2v) is 4.66. The lowest BCUT2D eigenvalue weighted by atomic mass is 10.2. The molecule has 0 aliphatic rings. The summed E-state index contributed by atoms with van der Waals surface area (Å²) in [7, 11) is 0. The Labute approximate surface area is 117 Å². The summed E-state index contributed by atoms with van der Waals surface area (Å²) in [5, 5.41) is 10.9. The molecule has 0 amide bonds. The summed E-state index contributed by atoms with van der Waals surface area (Å²) in [5.74, 6) is 0.593. The Kier molecular flexibility index (Phi) is 3.96. The molecule has 2 rings (SSSR count). The minimum absolute atomic E-state index is 0.0867. The van der Waals surface area contributed by atoms with E-state index >= 15 is 0 Å². The van der Waals surface area contributed by atoms with Crippen LogP contribution in [0.15, 0.2) is 41.0 Å². The van der Waals surface area contributed by atoms with E-state index in [-0.39, 0.29) is 18.0 Å². The number of benzene rings is 1. The van der Waals surface area contributed by atoms with Crippen LogP contribution < -0.4 is 10.5 Å². The molecule has 98 valence electrons. The number of halogens is 1. The number of nitro benzene ring substituents is 1. The van der Waals surface area contributed by atoms with Crippen LogP contribution in [0.25, 0.3) is 0 Å². The Morgan fingerprint density at radius 1 is 1.37 bits per heavy atom. The smallest absolute Gasteiger partial charge is 0.312 e. The first kappa shape index (κ1) is 13.3. The molecule has 0 saturated heterocycles. The van der Waals surface area contributed by atoms with Gasteiger partial charge in [-0.25, -0.2) is 4.98 Å². The van der Waals surface area contributed by atoms with E-state index in [4.69, 9.17) is 10.5 Å². The zero-order valence-corrected chi connectivity index (χ0v) is 11.3. The number of hydrogen-bond donors (Lipinski definition) is 1. The molecule has 0 saturated carbocycles. The SMILES string of the molecule is Nc1cc(COc2ccc(Br)cc2[N+](=O)[O-])ccn1. The van der Waals surface area contributed by atoms with Gasteiger partial charge in [-0.05, 0) is 29.8 Å². The highest BCUT2D eigenvalue weighted by Crippen LogP contribution is 2.30. The molecule has 7 heteroatoms. The maximum Gasteiger partial charge on any atom is 0.312 e. The van der Waals surface area contributed by atoms with Crippen LogP contribution in [0.4, 0.5) is 11.5 Å². The highest BCUT2D eigenvalue weighted by atomic mass is 79.9. The van der Waals surface area contributed by atoms with Gasteiger partial charge in [0.2, 0.25) is 0 Å². The summed E-state index contributed by atoms with van der Waals surface area (Å²) < 4.78 is 6.07. The van der Waals surface area contributed by atoms with Crippen molar-refractivity contribution in [3.8, 4) is 5.75 Å². The molecule has 2 aromatic rings. The van der Waals surface area contributed by atoms with Crippen molar-refractivity contribution in [3.63, 3.8) is 0 Å². The maximum absolute atomic E-state index is 10.9. The number of aromatic nitrogens is 1. The van der Waals surface area contributed by atoms with Gasteiger partial charge in [-0.1, -0.05) is 15.9 Å². The van der Waals surface area contributed by atoms with E-state index in [1.165, 1.54) is 6.07 Å². The van der Waals surface area contributed by atoms with Crippen molar-refractivity contribution in [1.82, 2.24) is 4.98 Å². The number of pyridine rings is 1. The van der Waals surface area contributed by atoms with Crippen LogP contribution >= 0.6 is 15.9 Å². The number of nitrogen functional groups attached to an aromatic ring is 1. The molecule has 0 unspecified atom stereocenters. The van der Waals surface area contributed by atoms with Crippen LogP contribution in [0.2, 0.25) is 0 Å². The first-order valence-corrected chi connectivity index (χ1v) is 6.12. The zero-order valence-electron chi connectivity index (χ0n) is 9.75. The van der Waals surface area contributed by atoms with Crippen molar-refractivity contribution in [1.29, 1.82) is 0 Å². The molecule has 0 spiro atoms. The molecule has 19 heavy (non-hydrogen) atoms. The van der Waals surface area contributed by atoms with Crippen LogP contribution in [0.5, 0.6) is 5.75 Å². The van der Waals surface area contributed by atoms with Gasteiger partial charge in [0.25, 0.3) is 0 Å². The first-order valence-electron chi connectivity index (χ1n) is 5.33. The van der Waals surface area contributed by atoms with E-state index in [9.17, 15) is 10.1 Å². The summed E-state index contributed by atoms with van der Waals surface area (Å²) in [6, 6.07) is 8.03. The lowest BCUT2D eigenvalue weighted by Gasteiger charge is -2.07. The Morgan fingerprint density at radius 3 is 2.84 bits per heavy atom. The summed E-state index contributed by atoms with van der Waals surface area (Å²) in [6.07, 6.45) is 1.56. The zero-order chi connectivity index (χ0) is 13.8. The highest BCUT2D eigenvalue weighted by Gasteiger charge is 2.15. The predicted molar refractivity (Wildman–Crippen MR) is 73.8 cm³/mol. The highest BCUT2D eigenvalue weighted by molar-refractivity contribution is 9.10. The number of nitro groups is 1. The molecular weight excluding hydrogens is 314 g/mol. The summed E-state index contributed by atoms with van der Waals surface area (Å²) in [5.41, 5.74) is 6.25. The second-order valence-electron chi connectivity index (χ2n) is 3.75. The maximum atomic E-state index is 10.9. The van der Waals surface area contributed by atoms with Crippen molar-refractivity contribution in [2.45, 2.75) is 6.61 Å². The van der Waals surface area contributed by atoms with Gasteiger partial charge in [-0.3, -0.25) is 10.1 Å². The van der Waals surface area contributed by atoms with Gasteiger partial charge in [0.15, 0.2) is 5.75 Å². The molecule has 0 aliphatic carbocycles. The fourth-order valence-electron chi connectivity index (χ4n) is 1.50. The minimum atomic E-state index is -0.485. The topological polar surface area (TPSA) is 91.3 Å². The quantitative estimate of drug-likeness (QED) is 0.690. The molecule has 0 bridgehead atoms. The Balaban J connectivity index is 2.17. The van der Waals surface area contributed by atoms with Crippen molar-refractivity contribution >= 4 is 27.4 Å². The fourth-order valence-corrected chi connectivity index (χ4v) is 1.85. The van der Waals surface area contributed by atoms with E-state index in [2.05, 4.69) is 20.9 Å². The average Bonchev–Trinajstić information content (AvgIpc) is 2.37. The number of nitrogens with two attached hydrogens (primary N) is 1. The van der Waals surface area contributed by atoms with Crippen molar-refractivity contribution in [2.75, 3.05) is 5.73 Å². The largest absolute Gasteiger partial charge is 0.482 e. The third-order valence-corrected chi connectivity index (χ3v) is 2.85. The second kappa shape index (κ2) is 5.66. The molecule has 1 aromatic heterocycles. The number of anilines is 1. The van der Waals surface area contributed by atoms with Gasteiger partial charge in [0.1, 0.15) is 12.4 Å². The molecule has 1 aromatic carbocycles. The Hall–Kier alpha value is -2.15. The molecule has 0 atom stereocenters. The minimum Gasteiger partial charge on any atom is -0.482 e. The van der Waals surface area contributed by atoms with Crippen LogP contribution in [0, 0.1) is 10.1 Å². The number of nitrogens with zero attached hydrogens (tertiary/aromatic N) is 2. The van der Waals surface area contributed by atoms with Crippen molar-refractivity contribution < 1.29 is 9.66 Å². The van der Waals surface area contributed by atoms with E-state index < -0.39 is 4.92 Å². The van der Waals surface area contributed by atoms with Crippen LogP contribution in [0.1, 0.15) is 5.56 Å². The van der Waals surface area contributed by atoms with E-state index in [0.29, 0.717) is 10.3 Å². The summed E-state index contributed by atoms with van der Waals surface area (Å²) >= 11 is 3.19. The third-order valence-electron chi connectivity index (χ3n) is 2.36. The number of rotatable bonds is 4. The van der Waals surface area contributed by atoms with Gasteiger partial charge >= 0.3 is 5.69 Å². The van der Waals surface area contributed by atoms with E-state index in [1.54, 1.807) is 30.5 Å². The van der Waals surface area contributed by atoms with Crippen LogP contribution in [-0.4, -0.2) is 9.91 Å². The van der Waals surface area contributed by atoms with Gasteiger partial charge in [0, 0.05) is 16.7 Å². The molecular formula is C12H10BrN3O3. The molecule has 0 radical (unpaired) electrons. The van der Waals surface area contributed by atoms with E-state index in [0.717, 1.165) is 5.56 Å². The lowest BCUT2D eigenvalue weighted by Crippen LogP contribution is -2.00. The van der Waals surface area contributed by atoms with E-state index in [1.807, 2.05) is 0 Å². The van der Waals surface area contributed by atoms with Crippen LogP contribution in [-0.2, 0) is 6.61 Å². The predicted octanol–water partition coefficient (Wildman–Crippen LogP) is 2.91. The normalized spacial score (nSPS) is 10.2. The summed E-state index contributed by atoms with van der Waals surface area (Å²) in [4.78, 5) is 14.3. The van der Waals surface area contributed by atoms with Gasteiger partial charge < -0.3 is 10.5 Å². The van der Waals surface area contributed by atoms with Gasteiger partial charge in [-0.15, -0.1) is 0 Å².